The molecule has 0 spiro atoms. The Morgan fingerprint density at radius 1 is 1.25 bits per heavy atom. The summed E-state index contributed by atoms with van der Waals surface area (Å²) in [6.07, 6.45) is 5.22. The van der Waals surface area contributed by atoms with E-state index < -0.39 is 25.5 Å². The van der Waals surface area contributed by atoms with Gasteiger partial charge in [-0.3, -0.25) is 4.79 Å². The second-order valence-corrected chi connectivity index (χ2v) is 11.1. The molecular formula is C15H23NO3Si. The molecule has 0 heterocycles. The molecule has 0 aromatic heterocycles. The zero-order chi connectivity index (χ0) is 16.0. The van der Waals surface area contributed by atoms with Crippen molar-refractivity contribution in [3.05, 3.63) is 0 Å². The van der Waals surface area contributed by atoms with Crippen LogP contribution >= 0.6 is 0 Å². The number of carbonyl (C=O) groups is 2. The molecule has 0 N–H and O–H groups in total. The Hall–Kier alpha value is -1.72. The first kappa shape index (κ1) is 18.3. The van der Waals surface area contributed by atoms with Crippen molar-refractivity contribution < 1.29 is 14.3 Å². The van der Waals surface area contributed by atoms with Gasteiger partial charge >= 0.3 is 11.9 Å². The van der Waals surface area contributed by atoms with Crippen LogP contribution < -0.4 is 0 Å². The molecule has 0 saturated heterocycles. The SMILES string of the molecule is C#CCN(C(=O)C(=O)OCC#C[Si](C)(C)C)C(C)(C)C. The van der Waals surface area contributed by atoms with E-state index in [0.29, 0.717) is 0 Å². The molecule has 0 aromatic rings. The van der Waals surface area contributed by atoms with Crippen molar-refractivity contribution in [3.63, 3.8) is 0 Å². The Balaban J connectivity index is 4.65. The van der Waals surface area contributed by atoms with E-state index in [9.17, 15) is 9.59 Å². The molecule has 0 fully saturated rings. The molecule has 0 aliphatic heterocycles. The Kier molecular flexibility index (Phi) is 6.55. The molecule has 0 aliphatic carbocycles. The van der Waals surface area contributed by atoms with Gasteiger partial charge in [0.2, 0.25) is 0 Å². The van der Waals surface area contributed by atoms with Crippen molar-refractivity contribution >= 4 is 20.0 Å². The van der Waals surface area contributed by atoms with E-state index in [1.807, 2.05) is 0 Å². The molecule has 0 unspecified atom stereocenters. The average Bonchev–Trinajstić information content (AvgIpc) is 2.27. The number of nitrogens with zero attached hydrogens (tertiary/aromatic N) is 1. The zero-order valence-electron chi connectivity index (χ0n) is 13.2. The normalized spacial score (nSPS) is 10.8. The largest absolute Gasteiger partial charge is 0.445 e. The second-order valence-electron chi connectivity index (χ2n) is 6.39. The van der Waals surface area contributed by atoms with Gasteiger partial charge in [-0.2, -0.15) is 0 Å². The van der Waals surface area contributed by atoms with Crippen LogP contribution in [-0.4, -0.2) is 43.5 Å². The molecule has 0 aromatic carbocycles. The molecule has 0 aliphatic rings. The maximum Gasteiger partial charge on any atom is 0.398 e. The van der Waals surface area contributed by atoms with E-state index in [1.165, 1.54) is 4.90 Å². The summed E-state index contributed by atoms with van der Waals surface area (Å²) in [4.78, 5) is 25.0. The maximum absolute atomic E-state index is 12.0. The minimum Gasteiger partial charge on any atom is -0.445 e. The van der Waals surface area contributed by atoms with Crippen LogP contribution in [0.4, 0.5) is 0 Å². The summed E-state index contributed by atoms with van der Waals surface area (Å²) in [5.74, 6) is 3.50. The number of hydrogen-bond donors (Lipinski definition) is 0. The van der Waals surface area contributed by atoms with Crippen molar-refractivity contribution in [2.24, 2.45) is 0 Å². The summed E-state index contributed by atoms with van der Waals surface area (Å²) in [6, 6.07) is 0. The topological polar surface area (TPSA) is 46.6 Å². The molecular weight excluding hydrogens is 270 g/mol. The van der Waals surface area contributed by atoms with Crippen molar-refractivity contribution in [1.82, 2.24) is 4.90 Å². The first-order valence-corrected chi connectivity index (χ1v) is 9.91. The number of rotatable bonds is 2. The first-order chi connectivity index (χ1) is 8.99. The minimum absolute atomic E-state index is 0.0666. The van der Waals surface area contributed by atoms with E-state index >= 15 is 0 Å². The third kappa shape index (κ3) is 7.01. The van der Waals surface area contributed by atoms with Crippen LogP contribution in [0, 0.1) is 23.8 Å². The highest BCUT2D eigenvalue weighted by molar-refractivity contribution is 6.83. The highest BCUT2D eigenvalue weighted by Crippen LogP contribution is 2.13. The molecule has 110 valence electrons. The Labute approximate surface area is 122 Å². The van der Waals surface area contributed by atoms with E-state index in [0.717, 1.165) is 0 Å². The molecule has 5 heteroatoms. The average molecular weight is 293 g/mol. The number of hydrogen-bond acceptors (Lipinski definition) is 3. The quantitative estimate of drug-likeness (QED) is 0.337. The summed E-state index contributed by atoms with van der Waals surface area (Å²) >= 11 is 0. The van der Waals surface area contributed by atoms with Crippen LogP contribution in [0.1, 0.15) is 20.8 Å². The highest BCUT2D eigenvalue weighted by Gasteiger charge is 2.31. The molecule has 20 heavy (non-hydrogen) atoms. The summed E-state index contributed by atoms with van der Waals surface area (Å²) < 4.78 is 4.87. The summed E-state index contributed by atoms with van der Waals surface area (Å²) in [7, 11) is -1.50. The van der Waals surface area contributed by atoms with Gasteiger partial charge in [0.15, 0.2) is 6.61 Å². The molecule has 0 radical (unpaired) electrons. The highest BCUT2D eigenvalue weighted by atomic mass is 28.3. The van der Waals surface area contributed by atoms with E-state index in [2.05, 4.69) is 37.0 Å². The van der Waals surface area contributed by atoms with Gasteiger partial charge in [0.1, 0.15) is 8.07 Å². The first-order valence-electron chi connectivity index (χ1n) is 6.41. The molecule has 0 atom stereocenters. The summed E-state index contributed by atoms with van der Waals surface area (Å²) in [5.41, 5.74) is 2.52. The standard InChI is InChI=1S/C15H23NO3Si/c1-8-10-16(15(2,3)4)13(17)14(18)19-11-9-12-20(5,6)7/h1H,10-11H2,2-7H3. The van der Waals surface area contributed by atoms with Gasteiger partial charge < -0.3 is 9.64 Å². The van der Waals surface area contributed by atoms with Crippen LogP contribution in [0.3, 0.4) is 0 Å². The van der Waals surface area contributed by atoms with Crippen LogP contribution in [-0.2, 0) is 14.3 Å². The molecule has 0 rings (SSSR count). The van der Waals surface area contributed by atoms with Gasteiger partial charge in [0.05, 0.1) is 6.54 Å². The number of ether oxygens (including phenoxy) is 1. The van der Waals surface area contributed by atoms with Gasteiger partial charge in [0, 0.05) is 5.54 Å². The lowest BCUT2D eigenvalue weighted by atomic mass is 10.1. The lowest BCUT2D eigenvalue weighted by molar-refractivity contribution is -0.161. The minimum atomic E-state index is -1.50. The number of carbonyl (C=O) groups excluding carboxylic acids is 2. The van der Waals surface area contributed by atoms with E-state index in [4.69, 9.17) is 11.2 Å². The summed E-state index contributed by atoms with van der Waals surface area (Å²) in [6.45, 7) is 11.7. The predicted molar refractivity (Wildman–Crippen MR) is 82.4 cm³/mol. The number of terminal acetylenes is 1. The molecule has 0 bridgehead atoms. The molecule has 0 saturated carbocycles. The number of esters is 1. The maximum atomic E-state index is 12.0. The van der Waals surface area contributed by atoms with Crippen molar-refractivity contribution in [1.29, 1.82) is 0 Å². The third-order valence-corrected chi connectivity index (χ3v) is 3.14. The fourth-order valence-corrected chi connectivity index (χ4v) is 1.88. The fourth-order valence-electron chi connectivity index (χ4n) is 1.28. The summed E-state index contributed by atoms with van der Waals surface area (Å²) in [5, 5.41) is 0. The van der Waals surface area contributed by atoms with Crippen molar-refractivity contribution in [2.75, 3.05) is 13.2 Å². The van der Waals surface area contributed by atoms with Gasteiger partial charge in [-0.25, -0.2) is 4.79 Å². The number of amides is 1. The lowest BCUT2D eigenvalue weighted by Crippen LogP contribution is -2.49. The fraction of sp³-hybridized carbons (Fsp3) is 0.600. The lowest BCUT2D eigenvalue weighted by Gasteiger charge is -2.33. The van der Waals surface area contributed by atoms with Gasteiger partial charge in [-0.15, -0.1) is 12.0 Å². The van der Waals surface area contributed by atoms with Gasteiger partial charge in [0.25, 0.3) is 0 Å². The molecule has 4 nitrogen and oxygen atoms in total. The van der Waals surface area contributed by atoms with Crippen molar-refractivity contribution in [3.8, 4) is 23.8 Å². The Morgan fingerprint density at radius 3 is 2.20 bits per heavy atom. The van der Waals surface area contributed by atoms with Crippen LogP contribution in [0.5, 0.6) is 0 Å². The third-order valence-electron chi connectivity index (χ3n) is 2.22. The van der Waals surface area contributed by atoms with Crippen LogP contribution in [0.2, 0.25) is 19.6 Å². The van der Waals surface area contributed by atoms with Gasteiger partial charge in [-0.1, -0.05) is 31.5 Å². The van der Waals surface area contributed by atoms with E-state index in [-0.39, 0.29) is 13.2 Å². The predicted octanol–water partition coefficient (Wildman–Crippen LogP) is 1.67. The van der Waals surface area contributed by atoms with Crippen molar-refractivity contribution in [2.45, 2.75) is 46.0 Å². The zero-order valence-corrected chi connectivity index (χ0v) is 14.2. The monoisotopic (exact) mass is 293 g/mol. The Morgan fingerprint density at radius 2 is 1.80 bits per heavy atom. The molecule has 1 amide bonds. The smallest absolute Gasteiger partial charge is 0.398 e. The van der Waals surface area contributed by atoms with E-state index in [1.54, 1.807) is 20.8 Å². The second kappa shape index (κ2) is 7.16. The van der Waals surface area contributed by atoms with Gasteiger partial charge in [-0.05, 0) is 20.8 Å². The Bertz CT molecular complexity index is 467. The van der Waals surface area contributed by atoms with Crippen LogP contribution in [0.25, 0.3) is 0 Å². The van der Waals surface area contributed by atoms with Crippen LogP contribution in [0.15, 0.2) is 0 Å².